The SMILES string of the molecule is Fc1ccc2cc(CN3CCCC3)ncc2c1. The minimum atomic E-state index is -0.202. The Morgan fingerprint density at radius 3 is 2.76 bits per heavy atom. The summed E-state index contributed by atoms with van der Waals surface area (Å²) >= 11 is 0. The van der Waals surface area contributed by atoms with Gasteiger partial charge in [-0.3, -0.25) is 9.88 Å². The first kappa shape index (κ1) is 10.7. The van der Waals surface area contributed by atoms with Gasteiger partial charge in [-0.05, 0) is 49.5 Å². The van der Waals surface area contributed by atoms with E-state index in [4.69, 9.17) is 0 Å². The van der Waals surface area contributed by atoms with Crippen molar-refractivity contribution in [1.82, 2.24) is 9.88 Å². The number of rotatable bonds is 2. The van der Waals surface area contributed by atoms with E-state index in [2.05, 4.69) is 16.0 Å². The summed E-state index contributed by atoms with van der Waals surface area (Å²) in [6, 6.07) is 6.91. The monoisotopic (exact) mass is 230 g/mol. The number of fused-ring (bicyclic) bond motifs is 1. The first-order valence-electron chi connectivity index (χ1n) is 6.08. The molecular weight excluding hydrogens is 215 g/mol. The molecule has 1 aromatic carbocycles. The first-order valence-corrected chi connectivity index (χ1v) is 6.08. The van der Waals surface area contributed by atoms with Gasteiger partial charge in [0.25, 0.3) is 0 Å². The third-order valence-corrected chi connectivity index (χ3v) is 3.32. The van der Waals surface area contributed by atoms with Crippen molar-refractivity contribution >= 4 is 10.8 Å². The van der Waals surface area contributed by atoms with Crippen LogP contribution in [-0.4, -0.2) is 23.0 Å². The molecule has 3 rings (SSSR count). The summed E-state index contributed by atoms with van der Waals surface area (Å²) in [5.74, 6) is -0.202. The van der Waals surface area contributed by atoms with E-state index in [1.165, 1.54) is 38.1 Å². The summed E-state index contributed by atoms with van der Waals surface area (Å²) in [6.45, 7) is 3.25. The van der Waals surface area contributed by atoms with Gasteiger partial charge in [-0.15, -0.1) is 0 Å². The Bertz CT molecular complexity index is 533. The number of hydrogen-bond donors (Lipinski definition) is 0. The van der Waals surface area contributed by atoms with E-state index in [1.807, 2.05) is 6.07 Å². The van der Waals surface area contributed by atoms with Crippen molar-refractivity contribution in [3.8, 4) is 0 Å². The maximum atomic E-state index is 13.0. The minimum absolute atomic E-state index is 0.202. The number of pyridine rings is 1. The summed E-state index contributed by atoms with van der Waals surface area (Å²) in [4.78, 5) is 6.82. The number of halogens is 1. The number of aromatic nitrogens is 1. The lowest BCUT2D eigenvalue weighted by molar-refractivity contribution is 0.327. The van der Waals surface area contributed by atoms with Gasteiger partial charge in [0.1, 0.15) is 5.82 Å². The van der Waals surface area contributed by atoms with Gasteiger partial charge in [-0.1, -0.05) is 6.07 Å². The van der Waals surface area contributed by atoms with Crippen LogP contribution in [0.1, 0.15) is 18.5 Å². The quantitative estimate of drug-likeness (QED) is 0.788. The van der Waals surface area contributed by atoms with Gasteiger partial charge in [-0.25, -0.2) is 4.39 Å². The molecule has 88 valence electrons. The standard InChI is InChI=1S/C14H15FN2/c15-13-4-3-11-8-14(16-9-12(11)7-13)10-17-5-1-2-6-17/h3-4,7-9H,1-2,5-6,10H2. The van der Waals surface area contributed by atoms with Gasteiger partial charge in [0, 0.05) is 18.1 Å². The average Bonchev–Trinajstić information content (AvgIpc) is 2.82. The molecule has 1 aliphatic rings. The summed E-state index contributed by atoms with van der Waals surface area (Å²) in [5.41, 5.74) is 1.08. The van der Waals surface area contributed by atoms with E-state index >= 15 is 0 Å². The van der Waals surface area contributed by atoms with Crippen LogP contribution in [0.5, 0.6) is 0 Å². The summed E-state index contributed by atoms with van der Waals surface area (Å²) in [7, 11) is 0. The highest BCUT2D eigenvalue weighted by atomic mass is 19.1. The van der Waals surface area contributed by atoms with Crippen LogP contribution in [0.3, 0.4) is 0 Å². The van der Waals surface area contributed by atoms with Crippen LogP contribution < -0.4 is 0 Å². The number of likely N-dealkylation sites (tertiary alicyclic amines) is 1. The lowest BCUT2D eigenvalue weighted by Crippen LogP contribution is -2.18. The van der Waals surface area contributed by atoms with Gasteiger partial charge in [0.15, 0.2) is 0 Å². The average molecular weight is 230 g/mol. The van der Waals surface area contributed by atoms with Gasteiger partial charge >= 0.3 is 0 Å². The van der Waals surface area contributed by atoms with Crippen molar-refractivity contribution in [1.29, 1.82) is 0 Å². The van der Waals surface area contributed by atoms with Crippen molar-refractivity contribution in [2.45, 2.75) is 19.4 Å². The molecule has 2 aromatic rings. The molecule has 0 bridgehead atoms. The zero-order chi connectivity index (χ0) is 11.7. The van der Waals surface area contributed by atoms with Gasteiger partial charge in [-0.2, -0.15) is 0 Å². The van der Waals surface area contributed by atoms with Crippen LogP contribution in [0.2, 0.25) is 0 Å². The molecule has 1 saturated heterocycles. The second kappa shape index (κ2) is 4.41. The van der Waals surface area contributed by atoms with Crippen molar-refractivity contribution in [2.75, 3.05) is 13.1 Å². The topological polar surface area (TPSA) is 16.1 Å². The fourth-order valence-corrected chi connectivity index (χ4v) is 2.41. The molecule has 17 heavy (non-hydrogen) atoms. The Morgan fingerprint density at radius 2 is 1.94 bits per heavy atom. The van der Waals surface area contributed by atoms with E-state index in [1.54, 1.807) is 6.20 Å². The third-order valence-electron chi connectivity index (χ3n) is 3.32. The van der Waals surface area contributed by atoms with Crippen molar-refractivity contribution < 1.29 is 4.39 Å². The zero-order valence-electron chi connectivity index (χ0n) is 9.69. The van der Waals surface area contributed by atoms with E-state index in [0.717, 1.165) is 23.0 Å². The fourth-order valence-electron chi connectivity index (χ4n) is 2.41. The molecule has 1 aromatic heterocycles. The maximum Gasteiger partial charge on any atom is 0.123 e. The molecule has 0 saturated carbocycles. The van der Waals surface area contributed by atoms with E-state index in [0.29, 0.717) is 0 Å². The maximum absolute atomic E-state index is 13.0. The van der Waals surface area contributed by atoms with Crippen molar-refractivity contribution in [2.24, 2.45) is 0 Å². The molecule has 0 unspecified atom stereocenters. The molecule has 1 aliphatic heterocycles. The molecule has 3 heteroatoms. The van der Waals surface area contributed by atoms with Gasteiger partial charge in [0.2, 0.25) is 0 Å². The molecule has 0 aliphatic carbocycles. The van der Waals surface area contributed by atoms with E-state index < -0.39 is 0 Å². The van der Waals surface area contributed by atoms with Crippen LogP contribution in [0.25, 0.3) is 10.8 Å². The Kier molecular flexibility index (Phi) is 2.77. The Morgan fingerprint density at radius 1 is 1.12 bits per heavy atom. The number of benzene rings is 1. The first-order chi connectivity index (χ1) is 8.31. The molecule has 0 radical (unpaired) electrons. The minimum Gasteiger partial charge on any atom is -0.298 e. The van der Waals surface area contributed by atoms with Crippen LogP contribution in [0.4, 0.5) is 4.39 Å². The van der Waals surface area contributed by atoms with Crippen LogP contribution in [-0.2, 0) is 6.54 Å². The normalized spacial score (nSPS) is 16.8. The Labute approximate surface area is 100 Å². The smallest absolute Gasteiger partial charge is 0.123 e. The highest BCUT2D eigenvalue weighted by molar-refractivity contribution is 5.81. The molecule has 0 spiro atoms. The van der Waals surface area contributed by atoms with Gasteiger partial charge < -0.3 is 0 Å². The molecule has 1 fully saturated rings. The molecular formula is C14H15FN2. The third kappa shape index (κ3) is 2.29. The van der Waals surface area contributed by atoms with Gasteiger partial charge in [0.05, 0.1) is 5.69 Å². The predicted molar refractivity (Wildman–Crippen MR) is 66.2 cm³/mol. The lowest BCUT2D eigenvalue weighted by atomic mass is 10.1. The lowest BCUT2D eigenvalue weighted by Gasteiger charge is -2.13. The fraction of sp³-hybridized carbons (Fsp3) is 0.357. The number of hydrogen-bond acceptors (Lipinski definition) is 2. The second-order valence-corrected chi connectivity index (χ2v) is 4.65. The summed E-state index contributed by atoms with van der Waals surface area (Å²) in [6.07, 6.45) is 4.35. The van der Waals surface area contributed by atoms with Crippen LogP contribution >= 0.6 is 0 Å². The Hall–Kier alpha value is -1.48. The highest BCUT2D eigenvalue weighted by Gasteiger charge is 2.12. The zero-order valence-corrected chi connectivity index (χ0v) is 9.69. The molecule has 2 heterocycles. The number of nitrogens with zero attached hydrogens (tertiary/aromatic N) is 2. The molecule has 2 nitrogen and oxygen atoms in total. The van der Waals surface area contributed by atoms with E-state index in [9.17, 15) is 4.39 Å². The highest BCUT2D eigenvalue weighted by Crippen LogP contribution is 2.17. The van der Waals surface area contributed by atoms with Crippen molar-refractivity contribution in [3.63, 3.8) is 0 Å². The van der Waals surface area contributed by atoms with Crippen molar-refractivity contribution in [3.05, 3.63) is 42.0 Å². The largest absolute Gasteiger partial charge is 0.298 e. The van der Waals surface area contributed by atoms with Crippen LogP contribution in [0, 0.1) is 5.82 Å². The summed E-state index contributed by atoms with van der Waals surface area (Å²) in [5, 5.41) is 1.94. The van der Waals surface area contributed by atoms with E-state index in [-0.39, 0.29) is 5.82 Å². The van der Waals surface area contributed by atoms with Crippen LogP contribution in [0.15, 0.2) is 30.5 Å². The molecule has 0 N–H and O–H groups in total. The summed E-state index contributed by atoms with van der Waals surface area (Å²) < 4.78 is 13.0. The Balaban J connectivity index is 1.88. The molecule has 0 amide bonds. The second-order valence-electron chi connectivity index (χ2n) is 4.65. The predicted octanol–water partition coefficient (Wildman–Crippen LogP) is 2.97. The molecule has 0 atom stereocenters.